The van der Waals surface area contributed by atoms with Crippen LogP contribution in [-0.2, 0) is 19.1 Å². The maximum Gasteiger partial charge on any atom is 0.336 e. The van der Waals surface area contributed by atoms with Gasteiger partial charge in [-0.05, 0) is 30.2 Å². The van der Waals surface area contributed by atoms with Crippen LogP contribution in [0.1, 0.15) is 44.4 Å². The second-order valence-corrected chi connectivity index (χ2v) is 9.51. The van der Waals surface area contributed by atoms with Gasteiger partial charge in [0, 0.05) is 38.0 Å². The highest BCUT2D eigenvalue weighted by Crippen LogP contribution is 2.45. The van der Waals surface area contributed by atoms with Gasteiger partial charge in [-0.3, -0.25) is 14.7 Å². The zero-order chi connectivity index (χ0) is 24.2. The molecule has 0 aliphatic carbocycles. The van der Waals surface area contributed by atoms with Crippen LogP contribution in [0.4, 0.5) is 0 Å². The van der Waals surface area contributed by atoms with Crippen LogP contribution >= 0.6 is 0 Å². The summed E-state index contributed by atoms with van der Waals surface area (Å²) in [5, 5.41) is 21.8. The summed E-state index contributed by atoms with van der Waals surface area (Å²) < 4.78 is 12.7. The van der Waals surface area contributed by atoms with Crippen LogP contribution in [0.5, 0.6) is 0 Å². The van der Waals surface area contributed by atoms with Gasteiger partial charge in [0.15, 0.2) is 5.82 Å². The molecule has 2 aromatic rings. The molecule has 35 heavy (non-hydrogen) atoms. The number of ether oxygens (including phenoxy) is 2. The Balaban J connectivity index is 1.16. The number of fused-ring (bicyclic) bond motifs is 2. The fraction of sp³-hybridized carbons (Fsp3) is 0.591. The molecule has 0 aromatic carbocycles. The van der Waals surface area contributed by atoms with Gasteiger partial charge in [0.05, 0.1) is 36.0 Å². The highest BCUT2D eigenvalue weighted by atomic mass is 16.5. The summed E-state index contributed by atoms with van der Waals surface area (Å²) in [7, 11) is 0. The van der Waals surface area contributed by atoms with E-state index in [2.05, 4.69) is 30.4 Å². The zero-order valence-electron chi connectivity index (χ0n) is 19.3. The molecule has 1 N–H and O–H groups in total. The maximum atomic E-state index is 13.6. The number of aliphatic hydroxyl groups is 1. The Kier molecular flexibility index (Phi) is 5.34. The third-order valence-electron chi connectivity index (χ3n) is 7.60. The summed E-state index contributed by atoms with van der Waals surface area (Å²) in [5.74, 6) is 0.00650. The van der Waals surface area contributed by atoms with E-state index in [1.54, 1.807) is 11.8 Å². The van der Waals surface area contributed by atoms with Crippen LogP contribution < -0.4 is 0 Å². The number of esters is 1. The number of amides is 1. The van der Waals surface area contributed by atoms with Gasteiger partial charge in [0.25, 0.3) is 5.91 Å². The number of cyclic esters (lactones) is 1. The van der Waals surface area contributed by atoms with E-state index in [-0.39, 0.29) is 30.6 Å². The Bertz CT molecular complexity index is 1150. The number of hydrogen-bond donors (Lipinski definition) is 1. The summed E-state index contributed by atoms with van der Waals surface area (Å²) >= 11 is 0. The molecule has 13 nitrogen and oxygen atoms in total. The fourth-order valence-electron chi connectivity index (χ4n) is 5.82. The molecule has 0 radical (unpaired) electrons. The molecule has 13 heteroatoms. The molecule has 2 aromatic heterocycles. The largest absolute Gasteiger partial charge is 0.456 e. The van der Waals surface area contributed by atoms with E-state index in [0.717, 1.165) is 12.8 Å². The van der Waals surface area contributed by atoms with E-state index in [4.69, 9.17) is 9.47 Å². The Labute approximate surface area is 200 Å². The number of hydrogen-bond acceptors (Lipinski definition) is 11. The molecule has 1 spiro atoms. The molecule has 6 rings (SSSR count). The van der Waals surface area contributed by atoms with Crippen molar-refractivity contribution in [2.24, 2.45) is 0 Å². The summed E-state index contributed by atoms with van der Waals surface area (Å²) in [5.41, 5.74) is 0.700. The van der Waals surface area contributed by atoms with Gasteiger partial charge >= 0.3 is 5.97 Å². The SMILES string of the molecule is CC1=C(N2CCOC3(CC4CCC(C3)N4CC(O)c3cnc(-n4cnnn4)cn3)C2=O)COC1=O. The first kappa shape index (κ1) is 22.2. The third kappa shape index (κ3) is 3.70. The van der Waals surface area contributed by atoms with E-state index in [9.17, 15) is 14.7 Å². The topological polar surface area (TPSA) is 149 Å². The molecule has 4 aliphatic heterocycles. The molecule has 1 amide bonds. The summed E-state index contributed by atoms with van der Waals surface area (Å²) in [6.07, 6.45) is 6.62. The van der Waals surface area contributed by atoms with E-state index >= 15 is 0 Å². The third-order valence-corrected chi connectivity index (χ3v) is 7.60. The van der Waals surface area contributed by atoms with Crippen LogP contribution in [0.2, 0.25) is 0 Å². The number of aliphatic hydroxyl groups excluding tert-OH is 1. The Morgan fingerprint density at radius 3 is 2.63 bits per heavy atom. The Morgan fingerprint density at radius 1 is 1.20 bits per heavy atom. The normalized spacial score (nSPS) is 29.8. The lowest BCUT2D eigenvalue weighted by Crippen LogP contribution is -2.63. The summed E-state index contributed by atoms with van der Waals surface area (Å²) in [4.78, 5) is 38.1. The minimum atomic E-state index is -0.905. The van der Waals surface area contributed by atoms with Crippen molar-refractivity contribution in [3.8, 4) is 5.82 Å². The number of tetrazole rings is 1. The van der Waals surface area contributed by atoms with Gasteiger partial charge in [0.2, 0.25) is 0 Å². The second kappa shape index (κ2) is 8.43. The first-order valence-electron chi connectivity index (χ1n) is 11.8. The predicted molar refractivity (Wildman–Crippen MR) is 117 cm³/mol. The van der Waals surface area contributed by atoms with Crippen molar-refractivity contribution >= 4 is 11.9 Å². The molecule has 184 valence electrons. The Morgan fingerprint density at radius 2 is 2.00 bits per heavy atom. The van der Waals surface area contributed by atoms with Crippen molar-refractivity contribution in [3.63, 3.8) is 0 Å². The molecular weight excluding hydrogens is 456 g/mol. The molecule has 0 saturated carbocycles. The van der Waals surface area contributed by atoms with Crippen LogP contribution in [0.3, 0.4) is 0 Å². The number of morpholine rings is 1. The van der Waals surface area contributed by atoms with E-state index in [1.807, 2.05) is 0 Å². The van der Waals surface area contributed by atoms with E-state index in [1.165, 1.54) is 23.4 Å². The molecular formula is C22H26N8O5. The average molecular weight is 483 g/mol. The number of carbonyl (C=O) groups excluding carboxylic acids is 2. The number of rotatable bonds is 5. The Hall–Kier alpha value is -3.29. The summed E-state index contributed by atoms with van der Waals surface area (Å²) in [6, 6.07) is 0.217. The van der Waals surface area contributed by atoms with E-state index in [0.29, 0.717) is 55.3 Å². The van der Waals surface area contributed by atoms with E-state index < -0.39 is 11.7 Å². The van der Waals surface area contributed by atoms with Gasteiger partial charge in [-0.1, -0.05) is 0 Å². The minimum absolute atomic E-state index is 0.0856. The monoisotopic (exact) mass is 482 g/mol. The second-order valence-electron chi connectivity index (χ2n) is 9.51. The molecule has 2 bridgehead atoms. The standard InChI is InChI=1S/C22H26N8O5/c1-13-17(11-34-20(13)32)28-4-5-35-22(21(28)33)6-14-2-3-15(7-22)29(14)10-18(31)16-8-24-19(9-23-16)30-12-25-26-27-30/h8-9,12,14-15,18,31H,2-7,10-11H2,1H3. The van der Waals surface area contributed by atoms with Gasteiger partial charge in [-0.15, -0.1) is 5.10 Å². The van der Waals surface area contributed by atoms with Gasteiger partial charge in [-0.2, -0.15) is 4.68 Å². The van der Waals surface area contributed by atoms with Crippen LogP contribution in [0, 0.1) is 0 Å². The lowest BCUT2D eigenvalue weighted by atomic mass is 9.83. The number of carbonyl (C=O) groups is 2. The number of aromatic nitrogens is 6. The molecule has 3 fully saturated rings. The minimum Gasteiger partial charge on any atom is -0.456 e. The lowest BCUT2D eigenvalue weighted by Gasteiger charge is -2.49. The quantitative estimate of drug-likeness (QED) is 0.552. The van der Waals surface area contributed by atoms with Crippen molar-refractivity contribution < 1.29 is 24.2 Å². The first-order chi connectivity index (χ1) is 16.9. The van der Waals surface area contributed by atoms with Crippen LogP contribution in [-0.4, -0.2) is 101 Å². The van der Waals surface area contributed by atoms with Gasteiger partial charge in [-0.25, -0.2) is 9.78 Å². The van der Waals surface area contributed by atoms with Gasteiger partial charge in [0.1, 0.15) is 24.6 Å². The molecule has 3 unspecified atom stereocenters. The zero-order valence-corrected chi connectivity index (χ0v) is 19.3. The predicted octanol–water partition coefficient (Wildman–Crippen LogP) is -0.459. The van der Waals surface area contributed by atoms with Crippen molar-refractivity contribution in [2.75, 3.05) is 26.3 Å². The highest BCUT2D eigenvalue weighted by Gasteiger charge is 2.56. The fourth-order valence-corrected chi connectivity index (χ4v) is 5.82. The van der Waals surface area contributed by atoms with Crippen molar-refractivity contribution in [2.45, 2.75) is 56.4 Å². The molecule has 6 heterocycles. The van der Waals surface area contributed by atoms with Gasteiger partial charge < -0.3 is 19.5 Å². The highest BCUT2D eigenvalue weighted by molar-refractivity contribution is 5.94. The van der Waals surface area contributed by atoms with Crippen LogP contribution in [0.15, 0.2) is 30.0 Å². The van der Waals surface area contributed by atoms with Crippen molar-refractivity contribution in [1.82, 2.24) is 40.0 Å². The molecule has 3 saturated heterocycles. The smallest absolute Gasteiger partial charge is 0.336 e. The number of piperidine rings is 1. The van der Waals surface area contributed by atoms with Crippen molar-refractivity contribution in [3.05, 3.63) is 35.7 Å². The first-order valence-corrected chi connectivity index (χ1v) is 11.8. The molecule has 4 aliphatic rings. The maximum absolute atomic E-state index is 13.6. The average Bonchev–Trinajstić information content (AvgIpc) is 3.57. The number of nitrogens with zero attached hydrogens (tertiary/aromatic N) is 8. The lowest BCUT2D eigenvalue weighted by molar-refractivity contribution is -0.182. The molecule has 3 atom stereocenters. The summed E-state index contributed by atoms with van der Waals surface area (Å²) in [6.45, 7) is 3.06. The van der Waals surface area contributed by atoms with Crippen LogP contribution in [0.25, 0.3) is 5.82 Å². The van der Waals surface area contributed by atoms with Crippen molar-refractivity contribution in [1.29, 1.82) is 0 Å².